The van der Waals surface area contributed by atoms with Gasteiger partial charge in [-0.05, 0) is 37.0 Å². The van der Waals surface area contributed by atoms with Gasteiger partial charge in [-0.3, -0.25) is 4.90 Å². The number of nitrogens with two attached hydrogens (primary N) is 1. The lowest BCUT2D eigenvalue weighted by Crippen LogP contribution is -2.53. The summed E-state index contributed by atoms with van der Waals surface area (Å²) in [7, 11) is 0. The fraction of sp³-hybridized carbons (Fsp3) is 0.647. The van der Waals surface area contributed by atoms with E-state index in [-0.39, 0.29) is 6.04 Å². The maximum Gasteiger partial charge on any atom is 0.0730 e. The highest BCUT2D eigenvalue weighted by atomic mass is 35.5. The fourth-order valence-electron chi connectivity index (χ4n) is 3.64. The van der Waals surface area contributed by atoms with E-state index in [2.05, 4.69) is 4.90 Å². The largest absolute Gasteiger partial charge is 0.375 e. The highest BCUT2D eigenvalue weighted by Crippen LogP contribution is 2.29. The zero-order chi connectivity index (χ0) is 14.7. The maximum absolute atomic E-state index is 6.33. The zero-order valence-electron chi connectivity index (χ0n) is 12.5. The Bertz CT molecular complexity index is 449. The third-order valence-electron chi connectivity index (χ3n) is 4.87. The summed E-state index contributed by atoms with van der Waals surface area (Å²) in [5.74, 6) is 0. The molecular weight excluding hydrogens is 284 g/mol. The van der Waals surface area contributed by atoms with E-state index in [1.54, 1.807) is 0 Å². The van der Waals surface area contributed by atoms with Crippen molar-refractivity contribution in [2.75, 3.05) is 19.7 Å². The van der Waals surface area contributed by atoms with E-state index in [1.807, 2.05) is 24.3 Å². The van der Waals surface area contributed by atoms with E-state index in [1.165, 1.54) is 31.2 Å². The van der Waals surface area contributed by atoms with Crippen molar-refractivity contribution in [3.63, 3.8) is 0 Å². The van der Waals surface area contributed by atoms with Gasteiger partial charge in [-0.1, -0.05) is 36.6 Å². The molecule has 3 nitrogen and oxygen atoms in total. The Kier molecular flexibility index (Phi) is 5.17. The first kappa shape index (κ1) is 15.3. The number of ether oxygens (including phenoxy) is 1. The minimum atomic E-state index is 0.0900. The average Bonchev–Trinajstić information content (AvgIpc) is 2.53. The van der Waals surface area contributed by atoms with Crippen LogP contribution >= 0.6 is 11.6 Å². The highest BCUT2D eigenvalue weighted by molar-refractivity contribution is 6.30. The summed E-state index contributed by atoms with van der Waals surface area (Å²) in [5, 5.41) is 0.768. The van der Waals surface area contributed by atoms with Crippen molar-refractivity contribution in [2.24, 2.45) is 5.73 Å². The average molecular weight is 309 g/mol. The number of fused-ring (bicyclic) bond motifs is 1. The lowest BCUT2D eigenvalue weighted by molar-refractivity contribution is -0.0885. The van der Waals surface area contributed by atoms with Crippen LogP contribution in [0.15, 0.2) is 24.3 Å². The third kappa shape index (κ3) is 3.78. The Hall–Kier alpha value is -0.610. The molecule has 0 bridgehead atoms. The fourth-order valence-corrected chi connectivity index (χ4v) is 3.76. The van der Waals surface area contributed by atoms with Crippen molar-refractivity contribution < 1.29 is 4.74 Å². The molecule has 3 unspecified atom stereocenters. The van der Waals surface area contributed by atoms with E-state index >= 15 is 0 Å². The Morgan fingerprint density at radius 3 is 2.81 bits per heavy atom. The van der Waals surface area contributed by atoms with E-state index in [0.29, 0.717) is 12.1 Å². The number of nitrogens with zero attached hydrogens (tertiary/aromatic N) is 1. The molecule has 4 heteroatoms. The van der Waals surface area contributed by atoms with Crippen LogP contribution in [0.25, 0.3) is 0 Å². The molecule has 1 aromatic carbocycles. The molecule has 0 aromatic heterocycles. The van der Waals surface area contributed by atoms with Crippen LogP contribution in [0, 0.1) is 0 Å². The Balaban J connectivity index is 1.55. The van der Waals surface area contributed by atoms with Crippen LogP contribution in [0.3, 0.4) is 0 Å². The predicted molar refractivity (Wildman–Crippen MR) is 86.6 cm³/mol. The number of hydrogen-bond acceptors (Lipinski definition) is 3. The lowest BCUT2D eigenvalue weighted by Gasteiger charge is -2.44. The number of halogens is 1. The molecule has 2 N–H and O–H groups in total. The first-order valence-electron chi connectivity index (χ1n) is 8.11. The number of benzene rings is 1. The van der Waals surface area contributed by atoms with Gasteiger partial charge in [0.05, 0.1) is 12.7 Å². The molecule has 116 valence electrons. The first-order valence-corrected chi connectivity index (χ1v) is 8.48. The van der Waals surface area contributed by atoms with Crippen LogP contribution < -0.4 is 5.73 Å². The van der Waals surface area contributed by atoms with Crippen molar-refractivity contribution in [1.82, 2.24) is 4.90 Å². The van der Waals surface area contributed by atoms with Gasteiger partial charge in [-0.15, -0.1) is 0 Å². The summed E-state index contributed by atoms with van der Waals surface area (Å²) < 4.78 is 5.93. The molecule has 1 aliphatic carbocycles. The van der Waals surface area contributed by atoms with Crippen LogP contribution in [0.1, 0.15) is 43.7 Å². The lowest BCUT2D eigenvalue weighted by atomic mass is 9.90. The van der Waals surface area contributed by atoms with E-state index in [4.69, 9.17) is 22.1 Å². The Morgan fingerprint density at radius 2 is 2.00 bits per heavy atom. The molecule has 3 atom stereocenters. The predicted octanol–water partition coefficient (Wildman–Crippen LogP) is 3.37. The summed E-state index contributed by atoms with van der Waals surface area (Å²) >= 11 is 5.93. The van der Waals surface area contributed by atoms with Gasteiger partial charge in [0.2, 0.25) is 0 Å². The van der Waals surface area contributed by atoms with Gasteiger partial charge in [-0.2, -0.15) is 0 Å². The van der Waals surface area contributed by atoms with E-state index in [9.17, 15) is 0 Å². The van der Waals surface area contributed by atoms with Gasteiger partial charge in [0.1, 0.15) is 0 Å². The van der Waals surface area contributed by atoms with Crippen molar-refractivity contribution in [3.05, 3.63) is 34.9 Å². The molecule has 1 saturated heterocycles. The van der Waals surface area contributed by atoms with Gasteiger partial charge in [0.15, 0.2) is 0 Å². The van der Waals surface area contributed by atoms with Crippen LogP contribution in [0.5, 0.6) is 0 Å². The van der Waals surface area contributed by atoms with Gasteiger partial charge in [0, 0.05) is 30.2 Å². The zero-order valence-corrected chi connectivity index (χ0v) is 13.3. The van der Waals surface area contributed by atoms with Crippen molar-refractivity contribution in [3.8, 4) is 0 Å². The summed E-state index contributed by atoms with van der Waals surface area (Å²) in [6, 6.07) is 8.62. The Labute approximate surface area is 132 Å². The quantitative estimate of drug-likeness (QED) is 0.927. The smallest absolute Gasteiger partial charge is 0.0730 e. The molecule has 1 aromatic rings. The normalized spacial score (nSPS) is 28.1. The van der Waals surface area contributed by atoms with E-state index in [0.717, 1.165) is 31.1 Å². The second kappa shape index (κ2) is 7.10. The van der Waals surface area contributed by atoms with Crippen molar-refractivity contribution in [1.29, 1.82) is 0 Å². The van der Waals surface area contributed by atoms with Gasteiger partial charge < -0.3 is 10.5 Å². The summed E-state index contributed by atoms with van der Waals surface area (Å²) in [5.41, 5.74) is 7.50. The molecule has 1 aliphatic heterocycles. The molecule has 0 spiro atoms. The molecule has 0 radical (unpaired) electrons. The van der Waals surface area contributed by atoms with E-state index < -0.39 is 0 Å². The topological polar surface area (TPSA) is 38.5 Å². The first-order chi connectivity index (χ1) is 10.2. The SMILES string of the molecule is NC(CCN1CCOC2CCCCC21)c1ccc(Cl)cc1. The van der Waals surface area contributed by atoms with Crippen LogP contribution in [0.2, 0.25) is 5.02 Å². The maximum atomic E-state index is 6.33. The second-order valence-corrected chi connectivity index (χ2v) is 6.68. The molecule has 2 aliphatic rings. The van der Waals surface area contributed by atoms with Crippen LogP contribution in [0.4, 0.5) is 0 Å². The van der Waals surface area contributed by atoms with Crippen molar-refractivity contribution >= 4 is 11.6 Å². The van der Waals surface area contributed by atoms with Crippen molar-refractivity contribution in [2.45, 2.75) is 50.3 Å². The summed E-state index contributed by atoms with van der Waals surface area (Å²) in [6.45, 7) is 2.99. The number of rotatable bonds is 4. The third-order valence-corrected chi connectivity index (χ3v) is 5.12. The summed E-state index contributed by atoms with van der Waals surface area (Å²) in [6.07, 6.45) is 6.61. The second-order valence-electron chi connectivity index (χ2n) is 6.24. The molecule has 1 heterocycles. The van der Waals surface area contributed by atoms with Gasteiger partial charge >= 0.3 is 0 Å². The van der Waals surface area contributed by atoms with Crippen LogP contribution in [-0.4, -0.2) is 36.7 Å². The number of morpholine rings is 1. The molecule has 2 fully saturated rings. The minimum Gasteiger partial charge on any atom is -0.375 e. The summed E-state index contributed by atoms with van der Waals surface area (Å²) in [4.78, 5) is 2.60. The highest BCUT2D eigenvalue weighted by Gasteiger charge is 2.33. The van der Waals surface area contributed by atoms with Gasteiger partial charge in [0.25, 0.3) is 0 Å². The Morgan fingerprint density at radius 1 is 1.24 bits per heavy atom. The van der Waals surface area contributed by atoms with Crippen LogP contribution in [-0.2, 0) is 4.74 Å². The monoisotopic (exact) mass is 308 g/mol. The molecule has 0 amide bonds. The minimum absolute atomic E-state index is 0.0900. The van der Waals surface area contributed by atoms with Gasteiger partial charge in [-0.25, -0.2) is 0 Å². The molecular formula is C17H25ClN2O. The molecule has 21 heavy (non-hydrogen) atoms. The molecule has 1 saturated carbocycles. The molecule has 3 rings (SSSR count). The standard InChI is InChI=1S/C17H25ClN2O/c18-14-7-5-13(6-8-14)15(19)9-10-20-11-12-21-17-4-2-1-3-16(17)20/h5-8,15-17H,1-4,9-12,19H2. The number of hydrogen-bond donors (Lipinski definition) is 1.